The molecular weight excluding hydrogens is 338 g/mol. The molecule has 0 saturated carbocycles. The highest BCUT2D eigenvalue weighted by molar-refractivity contribution is 5.96. The van der Waals surface area contributed by atoms with Crippen LogP contribution in [0.25, 0.3) is 22.4 Å². The van der Waals surface area contributed by atoms with Crippen LogP contribution in [-0.4, -0.2) is 29.1 Å². The molecule has 2 aromatic carbocycles. The lowest BCUT2D eigenvalue weighted by molar-refractivity contribution is -0.122. The maximum absolute atomic E-state index is 12.9. The summed E-state index contributed by atoms with van der Waals surface area (Å²) >= 11 is 0. The second-order valence-corrected chi connectivity index (χ2v) is 7.38. The number of rotatable bonds is 4. The summed E-state index contributed by atoms with van der Waals surface area (Å²) < 4.78 is 5.42. The number of aromatic amines is 1. The van der Waals surface area contributed by atoms with Crippen LogP contribution in [0.15, 0.2) is 42.5 Å². The summed E-state index contributed by atoms with van der Waals surface area (Å²) in [6.07, 6.45) is 1.89. The Balaban J connectivity index is 1.62. The molecule has 5 heteroatoms. The number of aryl methyl sites for hydroxylation is 1. The number of amides is 1. The minimum Gasteiger partial charge on any atom is -0.381 e. The van der Waals surface area contributed by atoms with E-state index in [-0.39, 0.29) is 11.8 Å². The van der Waals surface area contributed by atoms with E-state index in [9.17, 15) is 4.79 Å². The van der Waals surface area contributed by atoms with Crippen molar-refractivity contribution in [2.75, 3.05) is 18.5 Å². The molecule has 2 N–H and O–H groups in total. The number of para-hydroxylation sites is 2. The van der Waals surface area contributed by atoms with E-state index < -0.39 is 0 Å². The zero-order valence-corrected chi connectivity index (χ0v) is 15.8. The van der Waals surface area contributed by atoms with Gasteiger partial charge in [-0.25, -0.2) is 4.98 Å². The van der Waals surface area contributed by atoms with Crippen LogP contribution in [0.3, 0.4) is 0 Å². The van der Waals surface area contributed by atoms with Gasteiger partial charge in [0.15, 0.2) is 0 Å². The number of anilines is 1. The van der Waals surface area contributed by atoms with Crippen molar-refractivity contribution >= 4 is 22.6 Å². The summed E-state index contributed by atoms with van der Waals surface area (Å²) in [5, 5.41) is 3.14. The Labute approximate surface area is 159 Å². The van der Waals surface area contributed by atoms with Crippen LogP contribution >= 0.6 is 0 Å². The topological polar surface area (TPSA) is 67.0 Å². The molecule has 5 nitrogen and oxygen atoms in total. The predicted octanol–water partition coefficient (Wildman–Crippen LogP) is 4.54. The first-order chi connectivity index (χ1) is 13.1. The third-order valence-corrected chi connectivity index (χ3v) is 5.46. The van der Waals surface area contributed by atoms with Gasteiger partial charge in [0.2, 0.25) is 5.91 Å². The van der Waals surface area contributed by atoms with E-state index in [0.29, 0.717) is 5.92 Å². The molecule has 1 aliphatic heterocycles. The van der Waals surface area contributed by atoms with Crippen molar-refractivity contribution in [2.24, 2.45) is 11.8 Å². The maximum Gasteiger partial charge on any atom is 0.227 e. The smallest absolute Gasteiger partial charge is 0.227 e. The zero-order valence-electron chi connectivity index (χ0n) is 15.8. The summed E-state index contributed by atoms with van der Waals surface area (Å²) in [6.45, 7) is 5.55. The largest absolute Gasteiger partial charge is 0.381 e. The summed E-state index contributed by atoms with van der Waals surface area (Å²) in [7, 11) is 0. The number of aromatic nitrogens is 2. The van der Waals surface area contributed by atoms with Gasteiger partial charge in [-0.3, -0.25) is 4.79 Å². The molecule has 1 amide bonds. The van der Waals surface area contributed by atoms with Gasteiger partial charge in [-0.05, 0) is 49.9 Å². The predicted molar refractivity (Wildman–Crippen MR) is 108 cm³/mol. The normalized spacial score (nSPS) is 16.4. The molecule has 3 aromatic rings. The number of fused-ring (bicyclic) bond motifs is 1. The van der Waals surface area contributed by atoms with E-state index in [1.165, 1.54) is 0 Å². The third-order valence-electron chi connectivity index (χ3n) is 5.46. The number of H-pyrrole nitrogens is 1. The molecule has 0 bridgehead atoms. The number of hydrogen-bond donors (Lipinski definition) is 2. The number of ether oxygens (including phenoxy) is 1. The fourth-order valence-electron chi connectivity index (χ4n) is 3.72. The van der Waals surface area contributed by atoms with Crippen molar-refractivity contribution in [3.05, 3.63) is 48.0 Å². The fraction of sp³-hybridized carbons (Fsp3) is 0.364. The molecule has 140 valence electrons. The highest BCUT2D eigenvalue weighted by atomic mass is 16.5. The Morgan fingerprint density at radius 2 is 2.00 bits per heavy atom. The number of benzene rings is 2. The van der Waals surface area contributed by atoms with Crippen molar-refractivity contribution in [2.45, 2.75) is 26.7 Å². The number of imidazole rings is 1. The van der Waals surface area contributed by atoms with Crippen LogP contribution in [0.5, 0.6) is 0 Å². The summed E-state index contributed by atoms with van der Waals surface area (Å²) in [4.78, 5) is 20.9. The van der Waals surface area contributed by atoms with E-state index >= 15 is 0 Å². The summed E-state index contributed by atoms with van der Waals surface area (Å²) in [5.74, 6) is 1.16. The Hall–Kier alpha value is -2.66. The van der Waals surface area contributed by atoms with E-state index in [4.69, 9.17) is 9.72 Å². The molecule has 1 fully saturated rings. The first-order valence-corrected chi connectivity index (χ1v) is 9.56. The van der Waals surface area contributed by atoms with Gasteiger partial charge in [0.25, 0.3) is 0 Å². The molecule has 0 aliphatic carbocycles. The molecule has 0 radical (unpaired) electrons. The number of carbonyl (C=O) groups excluding carboxylic acids is 1. The average Bonchev–Trinajstić information content (AvgIpc) is 3.13. The van der Waals surface area contributed by atoms with Gasteiger partial charge in [-0.2, -0.15) is 0 Å². The fourth-order valence-corrected chi connectivity index (χ4v) is 3.72. The number of carbonyl (C=O) groups is 1. The summed E-state index contributed by atoms with van der Waals surface area (Å²) in [6, 6.07) is 14.0. The van der Waals surface area contributed by atoms with E-state index in [1.54, 1.807) is 0 Å². The van der Waals surface area contributed by atoms with Gasteiger partial charge < -0.3 is 15.0 Å². The Bertz CT molecular complexity index is 924. The Kier molecular flexibility index (Phi) is 4.94. The lowest BCUT2D eigenvalue weighted by Gasteiger charge is -2.27. The van der Waals surface area contributed by atoms with Crippen LogP contribution in [0, 0.1) is 18.8 Å². The number of nitrogens with one attached hydrogen (secondary N) is 2. The lowest BCUT2D eigenvalue weighted by atomic mass is 9.86. The molecule has 1 saturated heterocycles. The van der Waals surface area contributed by atoms with Crippen LogP contribution in [0.2, 0.25) is 0 Å². The van der Waals surface area contributed by atoms with Gasteiger partial charge in [0, 0.05) is 24.7 Å². The molecule has 1 atom stereocenters. The molecule has 1 aliphatic rings. The van der Waals surface area contributed by atoms with Crippen molar-refractivity contribution in [1.29, 1.82) is 0 Å². The van der Waals surface area contributed by atoms with Gasteiger partial charge in [0.1, 0.15) is 5.82 Å². The number of hydrogen-bond acceptors (Lipinski definition) is 3. The minimum absolute atomic E-state index is 0.0428. The molecule has 2 heterocycles. The van der Waals surface area contributed by atoms with E-state index in [1.807, 2.05) is 50.2 Å². The monoisotopic (exact) mass is 363 g/mol. The van der Waals surface area contributed by atoms with Gasteiger partial charge >= 0.3 is 0 Å². The molecule has 1 aromatic heterocycles. The van der Waals surface area contributed by atoms with Crippen LogP contribution in [0.4, 0.5) is 5.69 Å². The molecule has 27 heavy (non-hydrogen) atoms. The quantitative estimate of drug-likeness (QED) is 0.715. The lowest BCUT2D eigenvalue weighted by Crippen LogP contribution is -2.31. The zero-order chi connectivity index (χ0) is 18.8. The molecule has 4 rings (SSSR count). The van der Waals surface area contributed by atoms with Crippen LogP contribution < -0.4 is 5.32 Å². The molecule has 0 spiro atoms. The van der Waals surface area contributed by atoms with Gasteiger partial charge in [0.05, 0.1) is 16.7 Å². The van der Waals surface area contributed by atoms with E-state index in [0.717, 1.165) is 59.7 Å². The van der Waals surface area contributed by atoms with Crippen LogP contribution in [0.1, 0.15) is 25.3 Å². The van der Waals surface area contributed by atoms with Crippen molar-refractivity contribution in [3.63, 3.8) is 0 Å². The second kappa shape index (κ2) is 7.53. The van der Waals surface area contributed by atoms with Gasteiger partial charge in [-0.15, -0.1) is 0 Å². The summed E-state index contributed by atoms with van der Waals surface area (Å²) in [5.41, 5.74) is 4.74. The standard InChI is InChI=1S/C22H25N3O2/c1-14-7-8-18(25-22(26)15(2)16-9-11-27-12-10-16)17(13-14)21-23-19-5-3-4-6-20(19)24-21/h3-8,13,15-16H,9-12H2,1-2H3,(H,23,24)(H,25,26). The van der Waals surface area contributed by atoms with Gasteiger partial charge in [-0.1, -0.05) is 30.7 Å². The molecule has 1 unspecified atom stereocenters. The van der Waals surface area contributed by atoms with Crippen molar-refractivity contribution < 1.29 is 9.53 Å². The van der Waals surface area contributed by atoms with Crippen molar-refractivity contribution in [1.82, 2.24) is 9.97 Å². The Morgan fingerprint density at radius 3 is 2.78 bits per heavy atom. The highest BCUT2D eigenvalue weighted by Crippen LogP contribution is 2.30. The minimum atomic E-state index is -0.0428. The number of nitrogens with zero attached hydrogens (tertiary/aromatic N) is 1. The second-order valence-electron chi connectivity index (χ2n) is 7.38. The first-order valence-electron chi connectivity index (χ1n) is 9.56. The van der Waals surface area contributed by atoms with E-state index in [2.05, 4.69) is 16.4 Å². The van der Waals surface area contributed by atoms with Crippen LogP contribution in [-0.2, 0) is 9.53 Å². The SMILES string of the molecule is Cc1ccc(NC(=O)C(C)C2CCOCC2)c(-c2nc3ccccc3[nH]2)c1. The average molecular weight is 363 g/mol. The van der Waals surface area contributed by atoms with Crippen molar-refractivity contribution in [3.8, 4) is 11.4 Å². The first kappa shape index (κ1) is 17.7. The maximum atomic E-state index is 12.9. The molecular formula is C22H25N3O2. The highest BCUT2D eigenvalue weighted by Gasteiger charge is 2.26. The Morgan fingerprint density at radius 1 is 1.22 bits per heavy atom. The third kappa shape index (κ3) is 3.74.